The highest BCUT2D eigenvalue weighted by Gasteiger charge is 2.28. The summed E-state index contributed by atoms with van der Waals surface area (Å²) in [6.07, 6.45) is 0. The predicted molar refractivity (Wildman–Crippen MR) is 24.3 cm³/mol. The molecule has 0 fully saturated rings. The van der Waals surface area contributed by atoms with Crippen LogP contribution in [-0.2, 0) is 0 Å². The van der Waals surface area contributed by atoms with E-state index >= 15 is 0 Å². The van der Waals surface area contributed by atoms with Crippen molar-refractivity contribution in [1.82, 2.24) is 0 Å². The largest absolute Gasteiger partial charge is 0.520 e. The van der Waals surface area contributed by atoms with Crippen LogP contribution in [0.15, 0.2) is 0 Å². The highest BCUT2D eigenvalue weighted by molar-refractivity contribution is 7.12. The molecular formula is C2H5ClF2Si. The lowest BCUT2D eigenvalue weighted by molar-refractivity contribution is 0.640. The molecule has 6 heavy (non-hydrogen) atoms. The summed E-state index contributed by atoms with van der Waals surface area (Å²) in [5, 5.41) is 0. The summed E-state index contributed by atoms with van der Waals surface area (Å²) in [7, 11) is -4.16. The minimum Gasteiger partial charge on any atom is -0.253 e. The number of hydrogen-bond donors (Lipinski definition) is 0. The average molecular weight is 131 g/mol. The molecule has 38 valence electrons. The summed E-state index contributed by atoms with van der Waals surface area (Å²) in [5.74, 6) is 0. The zero-order valence-corrected chi connectivity index (χ0v) is 5.10. The van der Waals surface area contributed by atoms with Crippen LogP contribution >= 0.6 is 11.1 Å². The van der Waals surface area contributed by atoms with Gasteiger partial charge in [0.1, 0.15) is 0 Å². The van der Waals surface area contributed by atoms with Gasteiger partial charge in [0.2, 0.25) is 0 Å². The van der Waals surface area contributed by atoms with Crippen LogP contribution < -0.4 is 0 Å². The van der Waals surface area contributed by atoms with Crippen LogP contribution in [0.25, 0.3) is 0 Å². The van der Waals surface area contributed by atoms with Crippen molar-refractivity contribution in [3.8, 4) is 0 Å². The quantitative estimate of drug-likeness (QED) is 0.377. The third-order valence-corrected chi connectivity index (χ3v) is 2.00. The van der Waals surface area contributed by atoms with E-state index in [1.165, 1.54) is 6.92 Å². The van der Waals surface area contributed by atoms with Crippen LogP contribution in [-0.4, -0.2) is 8.05 Å². The third-order valence-electron chi connectivity index (χ3n) is 0.401. The van der Waals surface area contributed by atoms with Gasteiger partial charge in [0.25, 0.3) is 0 Å². The zero-order valence-electron chi connectivity index (χ0n) is 3.34. The maximum absolute atomic E-state index is 11.4. The molecule has 0 heterocycles. The SMILES string of the molecule is CC[Si](F)(F)Cl. The summed E-state index contributed by atoms with van der Waals surface area (Å²) in [4.78, 5) is 0. The molecule has 0 aliphatic rings. The van der Waals surface area contributed by atoms with Crippen molar-refractivity contribution in [2.75, 3.05) is 0 Å². The Hall–Kier alpha value is 0.367. The molecular weight excluding hydrogens is 126 g/mol. The van der Waals surface area contributed by atoms with Gasteiger partial charge in [0, 0.05) is 6.04 Å². The van der Waals surface area contributed by atoms with E-state index in [9.17, 15) is 8.22 Å². The first kappa shape index (κ1) is 6.37. The lowest BCUT2D eigenvalue weighted by atomic mass is 11.0. The van der Waals surface area contributed by atoms with Gasteiger partial charge in [0.05, 0.1) is 0 Å². The fourth-order valence-electron chi connectivity index (χ4n) is 0. The monoisotopic (exact) mass is 130 g/mol. The van der Waals surface area contributed by atoms with Crippen molar-refractivity contribution >= 4 is 19.1 Å². The Balaban J connectivity index is 3.17. The van der Waals surface area contributed by atoms with E-state index in [-0.39, 0.29) is 6.04 Å². The van der Waals surface area contributed by atoms with Crippen molar-refractivity contribution < 1.29 is 8.22 Å². The Bertz CT molecular complexity index is 41.3. The van der Waals surface area contributed by atoms with Gasteiger partial charge in [0.15, 0.2) is 0 Å². The van der Waals surface area contributed by atoms with Crippen LogP contribution in [0.5, 0.6) is 0 Å². The molecule has 0 bridgehead atoms. The zero-order chi connectivity index (χ0) is 5.21. The first-order valence-corrected chi connectivity index (χ1v) is 4.60. The van der Waals surface area contributed by atoms with Gasteiger partial charge in [-0.15, -0.1) is 0 Å². The average Bonchev–Trinajstić information content (AvgIpc) is 1.35. The Kier molecular flexibility index (Phi) is 2.00. The van der Waals surface area contributed by atoms with E-state index in [0.717, 1.165) is 0 Å². The topological polar surface area (TPSA) is 0 Å². The predicted octanol–water partition coefficient (Wildman–Crippen LogP) is 2.12. The van der Waals surface area contributed by atoms with Crippen LogP contribution in [0.3, 0.4) is 0 Å². The molecule has 0 aromatic heterocycles. The lowest BCUT2D eigenvalue weighted by Crippen LogP contribution is -2.08. The lowest BCUT2D eigenvalue weighted by Gasteiger charge is -1.93. The van der Waals surface area contributed by atoms with Gasteiger partial charge in [-0.1, -0.05) is 18.0 Å². The second-order valence-electron chi connectivity index (χ2n) is 0.969. The van der Waals surface area contributed by atoms with Crippen molar-refractivity contribution in [1.29, 1.82) is 0 Å². The molecule has 0 aromatic carbocycles. The minimum absolute atomic E-state index is 0.158. The maximum Gasteiger partial charge on any atom is 0.520 e. The van der Waals surface area contributed by atoms with E-state index in [2.05, 4.69) is 11.1 Å². The van der Waals surface area contributed by atoms with Crippen LogP contribution in [0.2, 0.25) is 6.04 Å². The summed E-state index contributed by atoms with van der Waals surface area (Å²) < 4.78 is 22.7. The molecule has 4 heteroatoms. The summed E-state index contributed by atoms with van der Waals surface area (Å²) in [5.41, 5.74) is 0. The van der Waals surface area contributed by atoms with Crippen LogP contribution in [0.4, 0.5) is 8.22 Å². The number of rotatable bonds is 1. The van der Waals surface area contributed by atoms with Gasteiger partial charge in [-0.3, -0.25) is 8.22 Å². The van der Waals surface area contributed by atoms with E-state index in [0.29, 0.717) is 0 Å². The highest BCUT2D eigenvalue weighted by atomic mass is 35.6. The highest BCUT2D eigenvalue weighted by Crippen LogP contribution is 2.15. The normalized spacial score (nSPS) is 12.0. The van der Waals surface area contributed by atoms with E-state index < -0.39 is 8.05 Å². The molecule has 0 amide bonds. The Labute approximate surface area is 41.2 Å². The Morgan fingerprint density at radius 2 is 1.83 bits per heavy atom. The smallest absolute Gasteiger partial charge is 0.253 e. The number of hydrogen-bond acceptors (Lipinski definition) is 0. The molecule has 0 spiro atoms. The molecule has 0 aliphatic carbocycles. The van der Waals surface area contributed by atoms with Gasteiger partial charge in [-0.2, -0.15) is 0 Å². The molecule has 0 aliphatic heterocycles. The summed E-state index contributed by atoms with van der Waals surface area (Å²) >= 11 is 4.52. The fourth-order valence-corrected chi connectivity index (χ4v) is 0. The second-order valence-corrected chi connectivity index (χ2v) is 4.57. The fraction of sp³-hybridized carbons (Fsp3) is 1.00. The molecule has 0 saturated carbocycles. The van der Waals surface area contributed by atoms with E-state index in [1.54, 1.807) is 0 Å². The minimum atomic E-state index is -4.16. The molecule has 0 saturated heterocycles. The van der Waals surface area contributed by atoms with Crippen molar-refractivity contribution in [3.63, 3.8) is 0 Å². The molecule has 0 aromatic rings. The first-order chi connectivity index (χ1) is 2.56. The molecule has 0 unspecified atom stereocenters. The molecule has 0 rings (SSSR count). The molecule has 0 radical (unpaired) electrons. The van der Waals surface area contributed by atoms with Gasteiger partial charge in [-0.25, -0.2) is 0 Å². The van der Waals surface area contributed by atoms with Crippen molar-refractivity contribution in [3.05, 3.63) is 0 Å². The first-order valence-electron chi connectivity index (χ1n) is 1.63. The summed E-state index contributed by atoms with van der Waals surface area (Å²) in [6.45, 7) is 1.39. The molecule has 0 nitrogen and oxygen atoms in total. The van der Waals surface area contributed by atoms with E-state index in [4.69, 9.17) is 0 Å². The Morgan fingerprint density at radius 3 is 1.83 bits per heavy atom. The maximum atomic E-state index is 11.4. The Morgan fingerprint density at radius 1 is 1.67 bits per heavy atom. The van der Waals surface area contributed by atoms with Gasteiger partial charge in [-0.05, 0) is 0 Å². The van der Waals surface area contributed by atoms with Gasteiger partial charge >= 0.3 is 8.05 Å². The van der Waals surface area contributed by atoms with Crippen LogP contribution in [0, 0.1) is 0 Å². The number of halogens is 3. The van der Waals surface area contributed by atoms with Crippen molar-refractivity contribution in [2.45, 2.75) is 13.0 Å². The molecule has 0 atom stereocenters. The second kappa shape index (κ2) is 1.89. The van der Waals surface area contributed by atoms with Crippen molar-refractivity contribution in [2.24, 2.45) is 0 Å². The van der Waals surface area contributed by atoms with Crippen LogP contribution in [0.1, 0.15) is 6.92 Å². The standard InChI is InChI=1S/C2H5ClF2Si/c1-2-6(3,4)5/h2H2,1H3. The molecule has 0 N–H and O–H groups in total. The third kappa shape index (κ3) is 4.37. The van der Waals surface area contributed by atoms with Gasteiger partial charge < -0.3 is 0 Å². The van der Waals surface area contributed by atoms with E-state index in [1.807, 2.05) is 0 Å². The summed E-state index contributed by atoms with van der Waals surface area (Å²) in [6, 6.07) is -0.158.